The van der Waals surface area contributed by atoms with E-state index in [1.807, 2.05) is 6.92 Å². The number of carbonyl (C=O) groups is 4. The first-order valence-electron chi connectivity index (χ1n) is 17.0. The number of alkyl halides is 3. The van der Waals surface area contributed by atoms with Crippen molar-refractivity contribution < 1.29 is 42.2 Å². The summed E-state index contributed by atoms with van der Waals surface area (Å²) in [5, 5.41) is 18.1. The summed E-state index contributed by atoms with van der Waals surface area (Å²) in [4.78, 5) is 54.7. The molecule has 1 aliphatic rings. The number of anilines is 4. The molecule has 0 spiro atoms. The lowest BCUT2D eigenvalue weighted by atomic mass is 9.99. The van der Waals surface area contributed by atoms with Gasteiger partial charge in [-0.05, 0) is 74.4 Å². The van der Waals surface area contributed by atoms with Gasteiger partial charge >= 0.3 is 12.2 Å². The van der Waals surface area contributed by atoms with Gasteiger partial charge in [0, 0.05) is 43.7 Å². The summed E-state index contributed by atoms with van der Waals surface area (Å²) < 4.78 is 45.1. The molecule has 0 unspecified atom stereocenters. The van der Waals surface area contributed by atoms with Crippen LogP contribution in [0.2, 0.25) is 0 Å². The summed E-state index contributed by atoms with van der Waals surface area (Å²) in [5.41, 5.74) is 6.78. The average molecular weight is 727 g/mol. The number of nitrogen functional groups attached to an aromatic ring is 1. The van der Waals surface area contributed by atoms with Gasteiger partial charge in [0.15, 0.2) is 0 Å². The number of rotatable bonds is 13. The second kappa shape index (κ2) is 17.8. The molecule has 1 heterocycles. The second-order valence-electron chi connectivity index (χ2n) is 13.0. The number of likely N-dealkylation sites (N-methyl/N-ethyl adjacent to an activating group) is 1. The molecule has 0 fully saturated rings. The Morgan fingerprint density at radius 1 is 0.962 bits per heavy atom. The van der Waals surface area contributed by atoms with Gasteiger partial charge in [-0.2, -0.15) is 13.2 Å². The first-order chi connectivity index (χ1) is 24.7. The number of nitrogens with zero attached hydrogens (tertiary/aromatic N) is 2. The molecule has 280 valence electrons. The minimum atomic E-state index is -4.50. The predicted octanol–water partition coefficient (Wildman–Crippen LogP) is 6.20. The molecule has 3 aromatic rings. The SMILES string of the molecule is C[C@H]1CN([C@@H](C)CO)C(=O)c2cc(NC(=O)CCCCCC(=O)Nc3ccccc3N)ccc2O[C@H]1CN(C)C(=O)Nc1ccc(C(F)(F)F)cc1. The van der Waals surface area contributed by atoms with Crippen molar-refractivity contribution in [1.29, 1.82) is 0 Å². The maximum Gasteiger partial charge on any atom is 0.416 e. The van der Waals surface area contributed by atoms with E-state index < -0.39 is 35.8 Å². The molecule has 3 atom stereocenters. The molecule has 1 aliphatic heterocycles. The van der Waals surface area contributed by atoms with Crippen LogP contribution in [0, 0.1) is 5.92 Å². The van der Waals surface area contributed by atoms with E-state index >= 15 is 0 Å². The zero-order chi connectivity index (χ0) is 38.0. The lowest BCUT2D eigenvalue weighted by Crippen LogP contribution is -2.50. The summed E-state index contributed by atoms with van der Waals surface area (Å²) in [5.74, 6) is -0.921. The van der Waals surface area contributed by atoms with Crippen molar-refractivity contribution in [3.8, 4) is 5.75 Å². The Kier molecular flexibility index (Phi) is 13.5. The Balaban J connectivity index is 1.37. The van der Waals surface area contributed by atoms with Gasteiger partial charge in [0.1, 0.15) is 11.9 Å². The van der Waals surface area contributed by atoms with E-state index in [1.54, 1.807) is 43.3 Å². The molecule has 3 aromatic carbocycles. The van der Waals surface area contributed by atoms with Gasteiger partial charge in [0.2, 0.25) is 11.8 Å². The highest BCUT2D eigenvalue weighted by molar-refractivity contribution is 6.00. The van der Waals surface area contributed by atoms with Crippen molar-refractivity contribution in [2.24, 2.45) is 5.92 Å². The summed E-state index contributed by atoms with van der Waals surface area (Å²) in [6, 6.07) is 14.6. The number of aliphatic hydroxyl groups is 1. The number of nitrogens with two attached hydrogens (primary N) is 1. The zero-order valence-corrected chi connectivity index (χ0v) is 29.3. The zero-order valence-electron chi connectivity index (χ0n) is 29.3. The van der Waals surface area contributed by atoms with Crippen molar-refractivity contribution in [3.05, 3.63) is 77.9 Å². The number of amides is 5. The molecular formula is C37H45F3N6O6. The number of urea groups is 1. The number of ether oxygens (including phenoxy) is 1. The Morgan fingerprint density at radius 3 is 2.23 bits per heavy atom. The minimum absolute atomic E-state index is 0.0586. The molecule has 0 aliphatic carbocycles. The quantitative estimate of drug-likeness (QED) is 0.103. The summed E-state index contributed by atoms with van der Waals surface area (Å²) in [7, 11) is 1.52. The average Bonchev–Trinajstić information content (AvgIpc) is 3.10. The second-order valence-corrected chi connectivity index (χ2v) is 13.0. The van der Waals surface area contributed by atoms with Crippen LogP contribution in [0.1, 0.15) is 61.9 Å². The molecule has 6 N–H and O–H groups in total. The van der Waals surface area contributed by atoms with Gasteiger partial charge in [-0.1, -0.05) is 25.5 Å². The third kappa shape index (κ3) is 10.8. The largest absolute Gasteiger partial charge is 0.487 e. The van der Waals surface area contributed by atoms with Crippen molar-refractivity contribution in [3.63, 3.8) is 0 Å². The number of fused-ring (bicyclic) bond motifs is 1. The third-order valence-corrected chi connectivity index (χ3v) is 8.76. The minimum Gasteiger partial charge on any atom is -0.487 e. The van der Waals surface area contributed by atoms with Crippen molar-refractivity contribution in [1.82, 2.24) is 9.80 Å². The van der Waals surface area contributed by atoms with Gasteiger partial charge in [-0.25, -0.2) is 4.79 Å². The molecule has 0 saturated heterocycles. The Hall–Kier alpha value is -5.31. The van der Waals surface area contributed by atoms with E-state index in [4.69, 9.17) is 10.5 Å². The summed E-state index contributed by atoms with van der Waals surface area (Å²) in [6.07, 6.45) is -2.88. The Morgan fingerprint density at radius 2 is 1.60 bits per heavy atom. The van der Waals surface area contributed by atoms with Gasteiger partial charge < -0.3 is 41.3 Å². The maximum absolute atomic E-state index is 13.8. The van der Waals surface area contributed by atoms with Gasteiger partial charge in [-0.3, -0.25) is 14.4 Å². The molecule has 5 amide bonds. The van der Waals surface area contributed by atoms with Crippen LogP contribution in [0.5, 0.6) is 5.75 Å². The van der Waals surface area contributed by atoms with Gasteiger partial charge in [-0.15, -0.1) is 0 Å². The van der Waals surface area contributed by atoms with E-state index in [-0.39, 0.29) is 67.3 Å². The fourth-order valence-corrected chi connectivity index (χ4v) is 5.63. The van der Waals surface area contributed by atoms with Crippen molar-refractivity contribution in [2.45, 2.75) is 64.3 Å². The van der Waals surface area contributed by atoms with Crippen LogP contribution in [0.15, 0.2) is 66.7 Å². The van der Waals surface area contributed by atoms with E-state index in [0.717, 1.165) is 12.1 Å². The Labute approximate surface area is 300 Å². The van der Waals surface area contributed by atoms with E-state index in [9.17, 15) is 37.5 Å². The molecular weight excluding hydrogens is 681 g/mol. The van der Waals surface area contributed by atoms with Crippen LogP contribution in [-0.2, 0) is 15.8 Å². The fourth-order valence-electron chi connectivity index (χ4n) is 5.63. The van der Waals surface area contributed by atoms with Crippen molar-refractivity contribution >= 4 is 46.5 Å². The number of para-hydroxylation sites is 2. The monoisotopic (exact) mass is 726 g/mol. The lowest BCUT2D eigenvalue weighted by molar-refractivity contribution is -0.137. The highest BCUT2D eigenvalue weighted by Gasteiger charge is 2.34. The lowest BCUT2D eigenvalue weighted by Gasteiger charge is -2.38. The molecule has 0 aromatic heterocycles. The maximum atomic E-state index is 13.8. The topological polar surface area (TPSA) is 166 Å². The molecule has 0 radical (unpaired) electrons. The van der Waals surface area contributed by atoms with E-state index in [2.05, 4.69) is 16.0 Å². The number of aliphatic hydroxyl groups excluding tert-OH is 1. The molecule has 0 bridgehead atoms. The number of carbonyl (C=O) groups excluding carboxylic acids is 4. The number of hydrogen-bond donors (Lipinski definition) is 5. The first kappa shape index (κ1) is 39.5. The molecule has 4 rings (SSSR count). The fraction of sp³-hybridized carbons (Fsp3) is 0.405. The first-order valence-corrected chi connectivity index (χ1v) is 17.0. The van der Waals surface area contributed by atoms with Crippen LogP contribution in [0.3, 0.4) is 0 Å². The van der Waals surface area contributed by atoms with Crippen LogP contribution in [0.25, 0.3) is 0 Å². The number of benzene rings is 3. The number of halogens is 3. The van der Waals surface area contributed by atoms with Crippen molar-refractivity contribution in [2.75, 3.05) is 48.4 Å². The highest BCUT2D eigenvalue weighted by atomic mass is 19.4. The summed E-state index contributed by atoms with van der Waals surface area (Å²) >= 11 is 0. The predicted molar refractivity (Wildman–Crippen MR) is 192 cm³/mol. The van der Waals surface area contributed by atoms with Gasteiger partial charge in [0.25, 0.3) is 5.91 Å². The van der Waals surface area contributed by atoms with E-state index in [0.29, 0.717) is 36.3 Å². The Bertz CT molecular complexity index is 1720. The number of hydrogen-bond acceptors (Lipinski definition) is 7. The molecule has 15 heteroatoms. The van der Waals surface area contributed by atoms with Crippen LogP contribution in [0.4, 0.5) is 40.7 Å². The van der Waals surface area contributed by atoms with Crippen LogP contribution in [-0.4, -0.2) is 77.5 Å². The third-order valence-electron chi connectivity index (χ3n) is 8.76. The van der Waals surface area contributed by atoms with Crippen LogP contribution >= 0.6 is 0 Å². The molecule has 12 nitrogen and oxygen atoms in total. The molecule has 0 saturated carbocycles. The summed E-state index contributed by atoms with van der Waals surface area (Å²) in [6.45, 7) is 3.50. The smallest absolute Gasteiger partial charge is 0.416 e. The molecule has 52 heavy (non-hydrogen) atoms. The normalized spacial score (nSPS) is 16.4. The van der Waals surface area contributed by atoms with E-state index in [1.165, 1.54) is 35.0 Å². The standard InChI is InChI=1S/C37H45F3N6O6/c1-23-20-46(24(2)22-47)35(50)28-19-27(42-33(48)11-5-4-6-12-34(49)44-30-10-8-7-9-29(30)41)17-18-31(28)52-32(23)21-45(3)36(51)43-26-15-13-25(14-16-26)37(38,39)40/h7-10,13-19,23-24,32,47H,4-6,11-12,20-22,41H2,1-3H3,(H,42,48)(H,43,51)(H,44,49)/t23-,24-,32-/m0/s1. The number of unbranched alkanes of at least 4 members (excludes halogenated alkanes) is 2. The number of nitrogens with one attached hydrogen (secondary N) is 3. The highest BCUT2D eigenvalue weighted by Crippen LogP contribution is 2.32. The van der Waals surface area contributed by atoms with Crippen LogP contribution < -0.4 is 26.4 Å². The van der Waals surface area contributed by atoms with Gasteiger partial charge in [0.05, 0.1) is 41.7 Å².